The Balaban J connectivity index is 2.02. The molecule has 0 radical (unpaired) electrons. The van der Waals surface area contributed by atoms with E-state index in [0.717, 1.165) is 10.8 Å². The second-order valence-corrected chi connectivity index (χ2v) is 5.88. The molecule has 7 heteroatoms. The van der Waals surface area contributed by atoms with E-state index in [1.165, 1.54) is 18.7 Å². The molecule has 138 valence electrons. The van der Waals surface area contributed by atoms with Crippen LogP contribution in [0.1, 0.15) is 13.8 Å². The van der Waals surface area contributed by atoms with Crippen LogP contribution >= 0.6 is 0 Å². The number of carbonyl (C=O) groups excluding carboxylic acids is 2. The van der Waals surface area contributed by atoms with Crippen LogP contribution in [0.15, 0.2) is 42.5 Å². The molecule has 0 aromatic heterocycles. The van der Waals surface area contributed by atoms with Crippen LogP contribution < -0.4 is 10.1 Å². The van der Waals surface area contributed by atoms with Crippen LogP contribution in [0.2, 0.25) is 0 Å². The van der Waals surface area contributed by atoms with E-state index in [1.54, 1.807) is 6.07 Å². The molecule has 0 fully saturated rings. The standard InChI is InChI=1S/C19H22N2O5/c1-13(19(24)25)21(10-9-20-14(2)22)18(23)12-26-17-8-7-15-5-3-4-6-16(15)11-17/h3-8,11,13H,9-10,12H2,1-2H3,(H,20,22)(H,24,25). The molecule has 0 aliphatic heterocycles. The van der Waals surface area contributed by atoms with Gasteiger partial charge in [0, 0.05) is 20.0 Å². The van der Waals surface area contributed by atoms with Crippen LogP contribution in [0.5, 0.6) is 5.75 Å². The summed E-state index contributed by atoms with van der Waals surface area (Å²) in [6.45, 7) is 2.76. The summed E-state index contributed by atoms with van der Waals surface area (Å²) in [4.78, 5) is 35.8. The number of aliphatic carboxylic acids is 1. The van der Waals surface area contributed by atoms with E-state index >= 15 is 0 Å². The second kappa shape index (κ2) is 8.84. The number of hydrogen-bond donors (Lipinski definition) is 2. The number of fused-ring (bicyclic) bond motifs is 1. The summed E-state index contributed by atoms with van der Waals surface area (Å²) < 4.78 is 5.54. The predicted octanol–water partition coefficient (Wildman–Crippen LogP) is 1.66. The summed E-state index contributed by atoms with van der Waals surface area (Å²) in [7, 11) is 0. The summed E-state index contributed by atoms with van der Waals surface area (Å²) in [5.41, 5.74) is 0. The zero-order valence-corrected chi connectivity index (χ0v) is 14.8. The molecular formula is C19H22N2O5. The fraction of sp³-hybridized carbons (Fsp3) is 0.316. The van der Waals surface area contributed by atoms with E-state index in [4.69, 9.17) is 4.74 Å². The molecule has 0 aliphatic rings. The zero-order chi connectivity index (χ0) is 19.1. The Bertz CT molecular complexity index is 805. The monoisotopic (exact) mass is 358 g/mol. The third-order valence-electron chi connectivity index (χ3n) is 3.96. The Morgan fingerprint density at radius 3 is 2.50 bits per heavy atom. The van der Waals surface area contributed by atoms with Crippen LogP contribution in [0.3, 0.4) is 0 Å². The van der Waals surface area contributed by atoms with E-state index in [2.05, 4.69) is 5.32 Å². The van der Waals surface area contributed by atoms with Gasteiger partial charge in [-0.1, -0.05) is 30.3 Å². The van der Waals surface area contributed by atoms with Gasteiger partial charge in [0.2, 0.25) is 5.91 Å². The molecular weight excluding hydrogens is 336 g/mol. The molecule has 26 heavy (non-hydrogen) atoms. The number of carbonyl (C=O) groups is 3. The Morgan fingerprint density at radius 1 is 1.15 bits per heavy atom. The van der Waals surface area contributed by atoms with Gasteiger partial charge in [-0.15, -0.1) is 0 Å². The molecule has 2 amide bonds. The number of hydrogen-bond acceptors (Lipinski definition) is 4. The molecule has 2 N–H and O–H groups in total. The smallest absolute Gasteiger partial charge is 0.326 e. The van der Waals surface area contributed by atoms with Crippen molar-refractivity contribution in [2.45, 2.75) is 19.9 Å². The first-order valence-electron chi connectivity index (χ1n) is 8.27. The summed E-state index contributed by atoms with van der Waals surface area (Å²) in [5.74, 6) is -1.29. The zero-order valence-electron chi connectivity index (χ0n) is 14.8. The number of carboxylic acids is 1. The number of ether oxygens (including phenoxy) is 1. The van der Waals surface area contributed by atoms with Crippen molar-refractivity contribution < 1.29 is 24.2 Å². The predicted molar refractivity (Wildman–Crippen MR) is 96.9 cm³/mol. The largest absolute Gasteiger partial charge is 0.484 e. The van der Waals surface area contributed by atoms with Crippen LogP contribution in [-0.4, -0.2) is 53.5 Å². The first kappa shape index (κ1) is 19.2. The number of carboxylic acid groups (broad SMARTS) is 1. The molecule has 0 heterocycles. The van der Waals surface area contributed by atoms with E-state index in [1.807, 2.05) is 36.4 Å². The lowest BCUT2D eigenvalue weighted by Gasteiger charge is -2.26. The summed E-state index contributed by atoms with van der Waals surface area (Å²) in [5, 5.41) is 13.8. The van der Waals surface area contributed by atoms with Gasteiger partial charge < -0.3 is 20.1 Å². The summed E-state index contributed by atoms with van der Waals surface area (Å²) in [6.07, 6.45) is 0. The number of nitrogens with one attached hydrogen (secondary N) is 1. The number of nitrogens with zero attached hydrogens (tertiary/aromatic N) is 1. The molecule has 7 nitrogen and oxygen atoms in total. The molecule has 0 bridgehead atoms. The normalized spacial score (nSPS) is 11.6. The van der Waals surface area contributed by atoms with Gasteiger partial charge in [-0.3, -0.25) is 9.59 Å². The fourth-order valence-corrected chi connectivity index (χ4v) is 2.51. The molecule has 0 spiro atoms. The fourth-order valence-electron chi connectivity index (χ4n) is 2.51. The minimum atomic E-state index is -1.12. The number of benzene rings is 2. The molecule has 1 atom stereocenters. The van der Waals surface area contributed by atoms with Gasteiger partial charge in [0.15, 0.2) is 6.61 Å². The van der Waals surface area contributed by atoms with Crippen molar-refractivity contribution in [2.75, 3.05) is 19.7 Å². The van der Waals surface area contributed by atoms with Gasteiger partial charge in [-0.2, -0.15) is 0 Å². The Kier molecular flexibility index (Phi) is 6.54. The van der Waals surface area contributed by atoms with Gasteiger partial charge in [0.05, 0.1) is 0 Å². The third kappa shape index (κ3) is 5.20. The lowest BCUT2D eigenvalue weighted by Crippen LogP contribution is -2.48. The van der Waals surface area contributed by atoms with Crippen molar-refractivity contribution in [2.24, 2.45) is 0 Å². The van der Waals surface area contributed by atoms with Crippen LogP contribution in [0, 0.1) is 0 Å². The maximum absolute atomic E-state index is 12.4. The molecule has 0 saturated carbocycles. The molecule has 0 saturated heterocycles. The topological polar surface area (TPSA) is 95.9 Å². The second-order valence-electron chi connectivity index (χ2n) is 5.88. The highest BCUT2D eigenvalue weighted by molar-refractivity contribution is 5.85. The van der Waals surface area contributed by atoms with Gasteiger partial charge >= 0.3 is 5.97 Å². The average Bonchev–Trinajstić information content (AvgIpc) is 2.62. The lowest BCUT2D eigenvalue weighted by atomic mass is 10.1. The van der Waals surface area contributed by atoms with E-state index < -0.39 is 17.9 Å². The Hall–Kier alpha value is -3.09. The highest BCUT2D eigenvalue weighted by atomic mass is 16.5. The number of rotatable bonds is 8. The van der Waals surface area contributed by atoms with E-state index in [0.29, 0.717) is 5.75 Å². The third-order valence-corrected chi connectivity index (χ3v) is 3.96. The van der Waals surface area contributed by atoms with E-state index in [-0.39, 0.29) is 25.6 Å². The average molecular weight is 358 g/mol. The van der Waals surface area contributed by atoms with Crippen LogP contribution in [0.4, 0.5) is 0 Å². The SMILES string of the molecule is CC(=O)NCCN(C(=O)COc1ccc2ccccc2c1)C(C)C(=O)O. The summed E-state index contributed by atoms with van der Waals surface area (Å²) >= 11 is 0. The Morgan fingerprint density at radius 2 is 1.85 bits per heavy atom. The van der Waals surface area contributed by atoms with Crippen molar-refractivity contribution >= 4 is 28.6 Å². The minimum Gasteiger partial charge on any atom is -0.484 e. The van der Waals surface area contributed by atoms with Gasteiger partial charge in [-0.05, 0) is 29.8 Å². The molecule has 2 aromatic carbocycles. The maximum Gasteiger partial charge on any atom is 0.326 e. The molecule has 1 unspecified atom stereocenters. The molecule has 2 aromatic rings. The van der Waals surface area contributed by atoms with Crippen LogP contribution in [0.25, 0.3) is 10.8 Å². The number of amides is 2. The van der Waals surface area contributed by atoms with Crippen LogP contribution in [-0.2, 0) is 14.4 Å². The quantitative estimate of drug-likeness (QED) is 0.748. The van der Waals surface area contributed by atoms with Crippen molar-refractivity contribution in [3.63, 3.8) is 0 Å². The Labute approximate surface area is 151 Å². The minimum absolute atomic E-state index is 0.0902. The highest BCUT2D eigenvalue weighted by Crippen LogP contribution is 2.20. The van der Waals surface area contributed by atoms with E-state index in [9.17, 15) is 19.5 Å². The van der Waals surface area contributed by atoms with Crippen molar-refractivity contribution in [3.8, 4) is 5.75 Å². The maximum atomic E-state index is 12.4. The molecule has 0 aliphatic carbocycles. The van der Waals surface area contributed by atoms with Crippen molar-refractivity contribution in [1.29, 1.82) is 0 Å². The van der Waals surface area contributed by atoms with Gasteiger partial charge in [-0.25, -0.2) is 4.79 Å². The van der Waals surface area contributed by atoms with Gasteiger partial charge in [0.25, 0.3) is 5.91 Å². The van der Waals surface area contributed by atoms with Crippen molar-refractivity contribution in [3.05, 3.63) is 42.5 Å². The molecule has 2 rings (SSSR count). The summed E-state index contributed by atoms with van der Waals surface area (Å²) in [6, 6.07) is 12.2. The van der Waals surface area contributed by atoms with Crippen molar-refractivity contribution in [1.82, 2.24) is 10.2 Å². The first-order chi connectivity index (χ1) is 12.4. The lowest BCUT2D eigenvalue weighted by molar-refractivity contribution is -0.150. The first-order valence-corrected chi connectivity index (χ1v) is 8.27. The van der Waals surface area contributed by atoms with Gasteiger partial charge in [0.1, 0.15) is 11.8 Å². The highest BCUT2D eigenvalue weighted by Gasteiger charge is 2.25.